The first-order valence-electron chi connectivity index (χ1n) is 5.47. The fourth-order valence-electron chi connectivity index (χ4n) is 1.76. The second kappa shape index (κ2) is 5.64. The molecule has 2 N–H and O–H groups in total. The van der Waals surface area contributed by atoms with E-state index in [1.807, 2.05) is 11.3 Å². The van der Waals surface area contributed by atoms with E-state index in [1.54, 1.807) is 0 Å². The Hall–Kier alpha value is -0.380. The number of hydrogen-bond donors (Lipinski definition) is 1. The van der Waals surface area contributed by atoms with Crippen molar-refractivity contribution in [2.75, 3.05) is 14.1 Å². The van der Waals surface area contributed by atoms with Crippen LogP contribution in [0.15, 0.2) is 5.38 Å². The van der Waals surface area contributed by atoms with Crippen LogP contribution in [0.4, 0.5) is 0 Å². The van der Waals surface area contributed by atoms with Gasteiger partial charge in [0, 0.05) is 18.0 Å². The lowest BCUT2D eigenvalue weighted by atomic mass is 9.99. The molecule has 0 radical (unpaired) electrons. The first kappa shape index (κ1) is 12.7. The Labute approximate surface area is 97.1 Å². The van der Waals surface area contributed by atoms with E-state index < -0.39 is 0 Å². The van der Waals surface area contributed by atoms with Gasteiger partial charge in [-0.25, -0.2) is 0 Å². The summed E-state index contributed by atoms with van der Waals surface area (Å²) in [6, 6.07) is 0. The Balaban J connectivity index is 2.89. The number of hydrogen-bond acceptors (Lipinski definition) is 3. The molecule has 1 aromatic rings. The second-order valence-electron chi connectivity index (χ2n) is 4.70. The van der Waals surface area contributed by atoms with Crippen LogP contribution in [0.3, 0.4) is 0 Å². The molecule has 2 nitrogen and oxygen atoms in total. The minimum atomic E-state index is 0.681. The van der Waals surface area contributed by atoms with Crippen molar-refractivity contribution in [1.82, 2.24) is 4.90 Å². The molecule has 0 atom stereocenters. The van der Waals surface area contributed by atoms with Crippen LogP contribution >= 0.6 is 11.3 Å². The number of nitrogens with two attached hydrogens (primary N) is 1. The van der Waals surface area contributed by atoms with Crippen LogP contribution in [0.1, 0.15) is 29.9 Å². The Morgan fingerprint density at radius 3 is 2.53 bits per heavy atom. The lowest BCUT2D eigenvalue weighted by molar-refractivity contribution is 0.400. The maximum absolute atomic E-state index is 5.77. The lowest BCUT2D eigenvalue weighted by Gasteiger charge is -2.13. The first-order valence-corrected chi connectivity index (χ1v) is 6.35. The summed E-state index contributed by atoms with van der Waals surface area (Å²) in [6.07, 6.45) is 1.15. The zero-order chi connectivity index (χ0) is 11.4. The van der Waals surface area contributed by atoms with Gasteiger partial charge in [0.05, 0.1) is 0 Å². The highest BCUT2D eigenvalue weighted by molar-refractivity contribution is 7.10. The second-order valence-corrected chi connectivity index (χ2v) is 5.67. The van der Waals surface area contributed by atoms with Gasteiger partial charge in [0.25, 0.3) is 0 Å². The third-order valence-corrected chi connectivity index (χ3v) is 3.45. The quantitative estimate of drug-likeness (QED) is 0.835. The van der Waals surface area contributed by atoms with E-state index in [4.69, 9.17) is 5.73 Å². The Kier molecular flexibility index (Phi) is 4.77. The van der Waals surface area contributed by atoms with E-state index in [-0.39, 0.29) is 0 Å². The van der Waals surface area contributed by atoms with Crippen LogP contribution in [0, 0.1) is 5.92 Å². The summed E-state index contributed by atoms with van der Waals surface area (Å²) in [7, 11) is 4.22. The average Bonchev–Trinajstić information content (AvgIpc) is 2.47. The standard InChI is InChI=1S/C12H22N2S/c1-9(2)5-11-10(7-14(3)4)8-15-12(11)6-13/h8-9H,5-7,13H2,1-4H3. The Bertz CT molecular complexity index is 303. The van der Waals surface area contributed by atoms with Crippen molar-refractivity contribution in [3.63, 3.8) is 0 Å². The van der Waals surface area contributed by atoms with Gasteiger partial charge in [0.1, 0.15) is 0 Å². The average molecular weight is 226 g/mol. The number of thiophene rings is 1. The van der Waals surface area contributed by atoms with E-state index in [0.717, 1.165) is 13.0 Å². The number of nitrogens with zero attached hydrogens (tertiary/aromatic N) is 1. The molecular formula is C12H22N2S. The lowest BCUT2D eigenvalue weighted by Crippen LogP contribution is -2.12. The summed E-state index contributed by atoms with van der Waals surface area (Å²) < 4.78 is 0. The van der Waals surface area contributed by atoms with Gasteiger partial charge in [-0.1, -0.05) is 13.8 Å². The Morgan fingerprint density at radius 2 is 2.07 bits per heavy atom. The zero-order valence-electron chi connectivity index (χ0n) is 10.2. The SMILES string of the molecule is CC(C)Cc1c(CN(C)C)csc1CN. The van der Waals surface area contributed by atoms with E-state index in [1.165, 1.54) is 16.0 Å². The third-order valence-electron chi connectivity index (χ3n) is 2.35. The van der Waals surface area contributed by atoms with Gasteiger partial charge < -0.3 is 10.6 Å². The van der Waals surface area contributed by atoms with Crippen LogP contribution in [0.25, 0.3) is 0 Å². The summed E-state index contributed by atoms with van der Waals surface area (Å²) >= 11 is 1.81. The van der Waals surface area contributed by atoms with E-state index >= 15 is 0 Å². The minimum Gasteiger partial charge on any atom is -0.326 e. The molecule has 0 amide bonds. The molecular weight excluding hydrogens is 204 g/mol. The van der Waals surface area contributed by atoms with Gasteiger partial charge in [-0.05, 0) is 42.9 Å². The number of rotatable bonds is 5. The largest absolute Gasteiger partial charge is 0.326 e. The van der Waals surface area contributed by atoms with Crippen molar-refractivity contribution in [3.8, 4) is 0 Å². The molecule has 1 aromatic heterocycles. The molecule has 0 aliphatic rings. The Morgan fingerprint density at radius 1 is 1.40 bits per heavy atom. The van der Waals surface area contributed by atoms with E-state index in [0.29, 0.717) is 12.5 Å². The van der Waals surface area contributed by atoms with Crippen molar-refractivity contribution in [3.05, 3.63) is 21.4 Å². The van der Waals surface area contributed by atoms with Crippen LogP contribution in [-0.4, -0.2) is 19.0 Å². The molecule has 1 rings (SSSR count). The molecule has 0 unspecified atom stereocenters. The summed E-state index contributed by atoms with van der Waals surface area (Å²) in [5.74, 6) is 0.700. The molecule has 0 bridgehead atoms. The van der Waals surface area contributed by atoms with E-state index in [2.05, 4.69) is 38.2 Å². The first-order chi connectivity index (χ1) is 7.04. The summed E-state index contributed by atoms with van der Waals surface area (Å²) in [6.45, 7) is 6.23. The molecule has 0 aromatic carbocycles. The van der Waals surface area contributed by atoms with Gasteiger partial charge >= 0.3 is 0 Å². The van der Waals surface area contributed by atoms with E-state index in [9.17, 15) is 0 Å². The minimum absolute atomic E-state index is 0.681. The van der Waals surface area contributed by atoms with Crippen LogP contribution < -0.4 is 5.73 Å². The molecule has 0 saturated heterocycles. The highest BCUT2D eigenvalue weighted by atomic mass is 32.1. The smallest absolute Gasteiger partial charge is 0.0276 e. The van der Waals surface area contributed by atoms with Crippen LogP contribution in [0.2, 0.25) is 0 Å². The fourth-order valence-corrected chi connectivity index (χ4v) is 2.72. The molecule has 1 heterocycles. The molecule has 86 valence electrons. The maximum atomic E-state index is 5.77. The van der Waals surface area contributed by atoms with Crippen molar-refractivity contribution in [2.45, 2.75) is 33.4 Å². The van der Waals surface area contributed by atoms with Gasteiger partial charge in [0.2, 0.25) is 0 Å². The van der Waals surface area contributed by atoms with Crippen molar-refractivity contribution >= 4 is 11.3 Å². The molecule has 0 saturated carbocycles. The fraction of sp³-hybridized carbons (Fsp3) is 0.667. The van der Waals surface area contributed by atoms with Gasteiger partial charge in [0.15, 0.2) is 0 Å². The summed E-state index contributed by atoms with van der Waals surface area (Å²) in [4.78, 5) is 3.58. The van der Waals surface area contributed by atoms with Gasteiger partial charge in [-0.15, -0.1) is 11.3 Å². The zero-order valence-corrected chi connectivity index (χ0v) is 11.0. The normalized spacial score (nSPS) is 11.7. The highest BCUT2D eigenvalue weighted by Gasteiger charge is 2.12. The third kappa shape index (κ3) is 3.59. The van der Waals surface area contributed by atoms with Crippen molar-refractivity contribution < 1.29 is 0 Å². The predicted molar refractivity (Wildman–Crippen MR) is 68.1 cm³/mol. The van der Waals surface area contributed by atoms with Crippen molar-refractivity contribution in [2.24, 2.45) is 11.7 Å². The highest BCUT2D eigenvalue weighted by Crippen LogP contribution is 2.25. The molecule has 0 aliphatic carbocycles. The molecule has 0 aliphatic heterocycles. The van der Waals surface area contributed by atoms with Crippen LogP contribution in [-0.2, 0) is 19.5 Å². The van der Waals surface area contributed by atoms with Gasteiger partial charge in [-0.3, -0.25) is 0 Å². The van der Waals surface area contributed by atoms with Gasteiger partial charge in [-0.2, -0.15) is 0 Å². The predicted octanol–water partition coefficient (Wildman–Crippen LogP) is 2.47. The van der Waals surface area contributed by atoms with Crippen molar-refractivity contribution in [1.29, 1.82) is 0 Å². The molecule has 15 heavy (non-hydrogen) atoms. The monoisotopic (exact) mass is 226 g/mol. The topological polar surface area (TPSA) is 29.3 Å². The molecule has 0 spiro atoms. The van der Waals surface area contributed by atoms with Crippen LogP contribution in [0.5, 0.6) is 0 Å². The summed E-state index contributed by atoms with van der Waals surface area (Å²) in [5.41, 5.74) is 8.72. The molecule has 0 fully saturated rings. The summed E-state index contributed by atoms with van der Waals surface area (Å²) in [5, 5.41) is 2.26. The molecule has 3 heteroatoms. The maximum Gasteiger partial charge on any atom is 0.0276 e.